The molecule has 0 aromatic carbocycles. The zero-order valence-electron chi connectivity index (χ0n) is 12.3. The molecule has 0 saturated heterocycles. The van der Waals surface area contributed by atoms with Crippen molar-refractivity contribution in [2.75, 3.05) is 5.32 Å². The molecule has 0 bridgehead atoms. The Bertz CT molecular complexity index is 852. The number of aryl methyl sites for hydroxylation is 1. The molecule has 0 spiro atoms. The Morgan fingerprint density at radius 1 is 1.09 bits per heavy atom. The molecule has 3 aromatic rings. The lowest BCUT2D eigenvalue weighted by Crippen LogP contribution is -2.15. The number of carbonyl (C=O) groups excluding carboxylic acids is 1. The highest BCUT2D eigenvalue weighted by molar-refractivity contribution is 6.03. The number of nitrogens with one attached hydrogen (secondary N) is 1. The molecule has 114 valence electrons. The number of carbonyl (C=O) groups is 1. The van der Waals surface area contributed by atoms with E-state index in [9.17, 15) is 9.18 Å². The van der Waals surface area contributed by atoms with Gasteiger partial charge in [0.1, 0.15) is 17.3 Å². The Labute approximate surface area is 132 Å². The first-order chi connectivity index (χ1) is 11.1. The van der Waals surface area contributed by atoms with E-state index in [1.165, 1.54) is 6.07 Å². The molecule has 0 atom stereocenters. The number of pyridine rings is 3. The van der Waals surface area contributed by atoms with Crippen LogP contribution in [0.4, 0.5) is 10.2 Å². The maximum atomic E-state index is 14.1. The van der Waals surface area contributed by atoms with E-state index >= 15 is 0 Å². The topological polar surface area (TPSA) is 67.8 Å². The molecule has 0 aliphatic rings. The third-order valence-electron chi connectivity index (χ3n) is 3.32. The SMILES string of the molecule is Cc1ccncc1-c1cc(C(=O)Nc2ccccn2)ncc1F. The molecule has 1 N–H and O–H groups in total. The summed E-state index contributed by atoms with van der Waals surface area (Å²) < 4.78 is 14.1. The van der Waals surface area contributed by atoms with Gasteiger partial charge >= 0.3 is 0 Å². The van der Waals surface area contributed by atoms with Gasteiger partial charge in [0.05, 0.1) is 6.20 Å². The second-order valence-corrected chi connectivity index (χ2v) is 4.91. The van der Waals surface area contributed by atoms with Gasteiger partial charge in [0.25, 0.3) is 5.91 Å². The van der Waals surface area contributed by atoms with Crippen molar-refractivity contribution in [2.45, 2.75) is 6.92 Å². The number of amides is 1. The summed E-state index contributed by atoms with van der Waals surface area (Å²) in [5.74, 6) is -0.551. The van der Waals surface area contributed by atoms with Crippen molar-refractivity contribution in [3.63, 3.8) is 0 Å². The zero-order chi connectivity index (χ0) is 16.2. The number of aromatic nitrogens is 3. The summed E-state index contributed by atoms with van der Waals surface area (Å²) in [6.45, 7) is 1.85. The predicted octanol–water partition coefficient (Wildman–Crippen LogP) is 3.24. The first-order valence-electron chi connectivity index (χ1n) is 6.94. The molecule has 3 aromatic heterocycles. The minimum Gasteiger partial charge on any atom is -0.305 e. The molecule has 0 aliphatic heterocycles. The van der Waals surface area contributed by atoms with Crippen LogP contribution in [0.25, 0.3) is 11.1 Å². The van der Waals surface area contributed by atoms with Crippen molar-refractivity contribution in [2.24, 2.45) is 0 Å². The van der Waals surface area contributed by atoms with Crippen molar-refractivity contribution >= 4 is 11.7 Å². The van der Waals surface area contributed by atoms with Gasteiger partial charge in [0.15, 0.2) is 0 Å². The van der Waals surface area contributed by atoms with E-state index in [0.717, 1.165) is 11.8 Å². The maximum absolute atomic E-state index is 14.1. The largest absolute Gasteiger partial charge is 0.305 e. The van der Waals surface area contributed by atoms with Gasteiger partial charge in [-0.25, -0.2) is 14.4 Å². The smallest absolute Gasteiger partial charge is 0.275 e. The highest BCUT2D eigenvalue weighted by Crippen LogP contribution is 2.25. The molecule has 0 fully saturated rings. The van der Waals surface area contributed by atoms with E-state index < -0.39 is 11.7 Å². The summed E-state index contributed by atoms with van der Waals surface area (Å²) in [5, 5.41) is 2.62. The van der Waals surface area contributed by atoms with Crippen molar-refractivity contribution in [3.05, 3.63) is 72.2 Å². The molecule has 23 heavy (non-hydrogen) atoms. The van der Waals surface area contributed by atoms with Gasteiger partial charge in [-0.2, -0.15) is 0 Å². The van der Waals surface area contributed by atoms with Crippen LogP contribution >= 0.6 is 0 Å². The van der Waals surface area contributed by atoms with Gasteiger partial charge in [-0.3, -0.25) is 9.78 Å². The molecule has 0 radical (unpaired) electrons. The number of anilines is 1. The minimum atomic E-state index is -0.504. The van der Waals surface area contributed by atoms with E-state index in [0.29, 0.717) is 11.4 Å². The monoisotopic (exact) mass is 308 g/mol. The molecule has 0 aliphatic carbocycles. The lowest BCUT2D eigenvalue weighted by molar-refractivity contribution is 0.102. The van der Waals surface area contributed by atoms with Crippen LogP contribution in [0.5, 0.6) is 0 Å². The molecule has 0 unspecified atom stereocenters. The van der Waals surface area contributed by atoms with Crippen LogP contribution in [0.15, 0.2) is 55.1 Å². The fourth-order valence-corrected chi connectivity index (χ4v) is 2.13. The first kappa shape index (κ1) is 14.8. The van der Waals surface area contributed by atoms with Gasteiger partial charge in [-0.05, 0) is 36.8 Å². The molecule has 3 rings (SSSR count). The van der Waals surface area contributed by atoms with Crippen molar-refractivity contribution in [1.29, 1.82) is 0 Å². The normalized spacial score (nSPS) is 10.3. The van der Waals surface area contributed by atoms with E-state index in [4.69, 9.17) is 0 Å². The van der Waals surface area contributed by atoms with Crippen LogP contribution in [0.2, 0.25) is 0 Å². The van der Waals surface area contributed by atoms with Crippen LogP contribution in [0, 0.1) is 12.7 Å². The number of rotatable bonds is 3. The van der Waals surface area contributed by atoms with Gasteiger partial charge in [-0.15, -0.1) is 0 Å². The standard InChI is InChI=1S/C17H13FN4O/c1-11-5-7-19-9-13(11)12-8-15(21-10-14(12)18)17(23)22-16-4-2-3-6-20-16/h2-10H,1H3,(H,20,22,23). The number of nitrogens with zero attached hydrogens (tertiary/aromatic N) is 3. The molecule has 0 saturated carbocycles. The quantitative estimate of drug-likeness (QED) is 0.806. The number of hydrogen-bond acceptors (Lipinski definition) is 4. The third kappa shape index (κ3) is 3.21. The lowest BCUT2D eigenvalue weighted by atomic mass is 10.0. The Balaban J connectivity index is 1.94. The Morgan fingerprint density at radius 2 is 1.96 bits per heavy atom. The van der Waals surface area contributed by atoms with Gasteiger partial charge in [-0.1, -0.05) is 6.07 Å². The highest BCUT2D eigenvalue weighted by Gasteiger charge is 2.14. The van der Waals surface area contributed by atoms with E-state index in [1.807, 2.05) is 6.92 Å². The summed E-state index contributed by atoms with van der Waals surface area (Å²) in [7, 11) is 0. The third-order valence-corrected chi connectivity index (χ3v) is 3.32. The van der Waals surface area contributed by atoms with E-state index in [2.05, 4.69) is 20.3 Å². The Kier molecular flexibility index (Phi) is 4.05. The number of hydrogen-bond donors (Lipinski definition) is 1. The van der Waals surface area contributed by atoms with E-state index in [-0.39, 0.29) is 11.3 Å². The fraction of sp³-hybridized carbons (Fsp3) is 0.0588. The van der Waals surface area contributed by atoms with Crippen molar-refractivity contribution in [3.8, 4) is 11.1 Å². The average molecular weight is 308 g/mol. The molecule has 6 heteroatoms. The first-order valence-corrected chi connectivity index (χ1v) is 6.94. The Morgan fingerprint density at radius 3 is 2.70 bits per heavy atom. The summed E-state index contributed by atoms with van der Waals surface area (Å²) in [6.07, 6.45) is 5.80. The Hall–Kier alpha value is -3.15. The summed E-state index contributed by atoms with van der Waals surface area (Å²) >= 11 is 0. The van der Waals surface area contributed by atoms with Crippen LogP contribution in [0.3, 0.4) is 0 Å². The lowest BCUT2D eigenvalue weighted by Gasteiger charge is -2.09. The average Bonchev–Trinajstić information content (AvgIpc) is 2.57. The minimum absolute atomic E-state index is 0.107. The van der Waals surface area contributed by atoms with Crippen molar-refractivity contribution in [1.82, 2.24) is 15.0 Å². The van der Waals surface area contributed by atoms with Crippen LogP contribution in [-0.2, 0) is 0 Å². The van der Waals surface area contributed by atoms with Crippen molar-refractivity contribution < 1.29 is 9.18 Å². The van der Waals surface area contributed by atoms with Gasteiger partial charge < -0.3 is 5.32 Å². The van der Waals surface area contributed by atoms with Gasteiger partial charge in [0, 0.05) is 29.7 Å². The van der Waals surface area contributed by atoms with Gasteiger partial charge in [0.2, 0.25) is 0 Å². The molecule has 3 heterocycles. The second-order valence-electron chi connectivity index (χ2n) is 4.91. The predicted molar refractivity (Wildman–Crippen MR) is 84.4 cm³/mol. The van der Waals surface area contributed by atoms with E-state index in [1.54, 1.807) is 42.9 Å². The van der Waals surface area contributed by atoms with Crippen LogP contribution in [-0.4, -0.2) is 20.9 Å². The fourth-order valence-electron chi connectivity index (χ4n) is 2.13. The number of halogens is 1. The maximum Gasteiger partial charge on any atom is 0.275 e. The zero-order valence-corrected chi connectivity index (χ0v) is 12.3. The summed E-state index contributed by atoms with van der Waals surface area (Å²) in [4.78, 5) is 24.1. The molecular formula is C17H13FN4O. The molecular weight excluding hydrogens is 295 g/mol. The molecule has 5 nitrogen and oxygen atoms in total. The van der Waals surface area contributed by atoms with Crippen LogP contribution in [0.1, 0.15) is 16.1 Å². The highest BCUT2D eigenvalue weighted by atomic mass is 19.1. The van der Waals surface area contributed by atoms with Crippen LogP contribution < -0.4 is 5.32 Å². The second kappa shape index (κ2) is 6.31. The summed E-state index contributed by atoms with van der Waals surface area (Å²) in [6, 6.07) is 8.36. The summed E-state index contributed by atoms with van der Waals surface area (Å²) in [5.41, 5.74) is 1.88. The molecule has 1 amide bonds.